The van der Waals surface area contributed by atoms with E-state index in [2.05, 4.69) is 92.7 Å². The van der Waals surface area contributed by atoms with Gasteiger partial charge in [0.2, 0.25) is 0 Å². The first-order chi connectivity index (χ1) is 14.6. The molecule has 0 aromatic heterocycles. The molecule has 2 heterocycles. The van der Waals surface area contributed by atoms with Crippen LogP contribution in [0.15, 0.2) is 84.9 Å². The van der Waals surface area contributed by atoms with E-state index in [-0.39, 0.29) is 0 Å². The number of fused-ring (bicyclic) bond motifs is 6. The molecule has 2 aliphatic heterocycles. The average molecular weight is 390 g/mol. The van der Waals surface area contributed by atoms with Crippen LogP contribution in [0.3, 0.4) is 0 Å². The molecule has 6 rings (SSSR count). The van der Waals surface area contributed by atoms with Gasteiger partial charge in [0.15, 0.2) is 0 Å². The number of ether oxygens (including phenoxy) is 2. The molecule has 1 unspecified atom stereocenters. The van der Waals surface area contributed by atoms with Gasteiger partial charge in [0.25, 0.3) is 5.79 Å². The van der Waals surface area contributed by atoms with E-state index < -0.39 is 5.79 Å². The third-order valence-electron chi connectivity index (χ3n) is 6.11. The topological polar surface area (TPSA) is 18.5 Å². The van der Waals surface area contributed by atoms with Gasteiger partial charge in [0, 0.05) is 23.3 Å². The Balaban J connectivity index is 1.53. The second-order valence-corrected chi connectivity index (χ2v) is 8.37. The van der Waals surface area contributed by atoms with Crippen molar-refractivity contribution in [1.29, 1.82) is 0 Å². The van der Waals surface area contributed by atoms with E-state index in [1.807, 2.05) is 12.1 Å². The first-order valence-electron chi connectivity index (χ1n) is 10.5. The van der Waals surface area contributed by atoms with Crippen LogP contribution in [-0.2, 0) is 0 Å². The fourth-order valence-corrected chi connectivity index (χ4v) is 4.65. The molecule has 30 heavy (non-hydrogen) atoms. The molecular weight excluding hydrogens is 368 g/mol. The highest BCUT2D eigenvalue weighted by atomic mass is 16.7. The molecule has 1 atom stereocenters. The maximum atomic E-state index is 6.53. The Bertz CT molecular complexity index is 1370. The van der Waals surface area contributed by atoms with Crippen LogP contribution in [0.4, 0.5) is 0 Å². The normalized spacial score (nSPS) is 19.4. The highest BCUT2D eigenvalue weighted by Crippen LogP contribution is 2.46. The number of allylic oxidation sites excluding steroid dienone is 1. The van der Waals surface area contributed by atoms with Gasteiger partial charge >= 0.3 is 0 Å². The summed E-state index contributed by atoms with van der Waals surface area (Å²) in [5.74, 6) is 1.13. The minimum Gasteiger partial charge on any atom is -0.445 e. The third kappa shape index (κ3) is 2.50. The molecule has 2 heteroatoms. The van der Waals surface area contributed by atoms with Crippen molar-refractivity contribution in [1.82, 2.24) is 0 Å². The summed E-state index contributed by atoms with van der Waals surface area (Å²) < 4.78 is 13.1. The fraction of sp³-hybridized carbons (Fsp3) is 0.143. The third-order valence-corrected chi connectivity index (χ3v) is 6.11. The van der Waals surface area contributed by atoms with Crippen LogP contribution in [0.2, 0.25) is 0 Å². The van der Waals surface area contributed by atoms with E-state index in [0.717, 1.165) is 17.1 Å². The first kappa shape index (κ1) is 17.3. The van der Waals surface area contributed by atoms with Gasteiger partial charge in [-0.25, -0.2) is 0 Å². The van der Waals surface area contributed by atoms with Gasteiger partial charge in [-0.2, -0.15) is 0 Å². The van der Waals surface area contributed by atoms with Gasteiger partial charge in [-0.1, -0.05) is 74.5 Å². The van der Waals surface area contributed by atoms with Gasteiger partial charge in [0.1, 0.15) is 11.5 Å². The molecule has 0 amide bonds. The Hall–Kier alpha value is -3.52. The molecule has 146 valence electrons. The van der Waals surface area contributed by atoms with Crippen molar-refractivity contribution in [3.63, 3.8) is 0 Å². The molecule has 0 bridgehead atoms. The Labute approximate surface area is 176 Å². The Morgan fingerprint density at radius 3 is 2.10 bits per heavy atom. The van der Waals surface area contributed by atoms with Crippen LogP contribution in [0, 0.1) is 5.92 Å². The lowest BCUT2D eigenvalue weighted by atomic mass is 9.86. The number of hydrogen-bond donors (Lipinski definition) is 0. The average Bonchev–Trinajstić information content (AvgIpc) is 2.78. The van der Waals surface area contributed by atoms with E-state index in [1.54, 1.807) is 0 Å². The zero-order chi connectivity index (χ0) is 20.3. The lowest BCUT2D eigenvalue weighted by molar-refractivity contribution is -0.0313. The molecule has 0 saturated carbocycles. The quantitative estimate of drug-likeness (QED) is 0.341. The van der Waals surface area contributed by atoms with Crippen molar-refractivity contribution in [3.05, 3.63) is 96.1 Å². The molecule has 4 aromatic carbocycles. The van der Waals surface area contributed by atoms with Crippen molar-refractivity contribution in [2.24, 2.45) is 5.92 Å². The zero-order valence-corrected chi connectivity index (χ0v) is 17.1. The summed E-state index contributed by atoms with van der Waals surface area (Å²) in [6.45, 7) is 4.45. The van der Waals surface area contributed by atoms with E-state index in [9.17, 15) is 0 Å². The number of hydrogen-bond acceptors (Lipinski definition) is 2. The van der Waals surface area contributed by atoms with E-state index >= 15 is 0 Å². The van der Waals surface area contributed by atoms with Crippen molar-refractivity contribution < 1.29 is 9.47 Å². The minimum atomic E-state index is -0.926. The molecule has 2 aliphatic rings. The summed E-state index contributed by atoms with van der Waals surface area (Å²) in [7, 11) is 0. The summed E-state index contributed by atoms with van der Waals surface area (Å²) in [5.41, 5.74) is 3.53. The Morgan fingerprint density at radius 2 is 1.33 bits per heavy atom. The van der Waals surface area contributed by atoms with Crippen molar-refractivity contribution in [3.8, 4) is 11.5 Å². The van der Waals surface area contributed by atoms with Crippen LogP contribution in [0.5, 0.6) is 11.5 Å². The molecule has 4 aromatic rings. The van der Waals surface area contributed by atoms with Crippen LogP contribution in [0.25, 0.3) is 33.2 Å². The van der Waals surface area contributed by atoms with Crippen LogP contribution < -0.4 is 9.47 Å². The maximum Gasteiger partial charge on any atom is 0.292 e. The Morgan fingerprint density at radius 1 is 0.700 bits per heavy atom. The Kier molecular flexibility index (Phi) is 3.61. The second kappa shape index (κ2) is 6.24. The molecule has 0 radical (unpaired) electrons. The lowest BCUT2D eigenvalue weighted by Crippen LogP contribution is -2.42. The predicted octanol–water partition coefficient (Wildman–Crippen LogP) is 7.23. The summed E-state index contributed by atoms with van der Waals surface area (Å²) in [4.78, 5) is 0. The van der Waals surface area contributed by atoms with E-state index in [4.69, 9.17) is 9.47 Å². The lowest BCUT2D eigenvalue weighted by Gasteiger charge is -2.38. The summed E-state index contributed by atoms with van der Waals surface area (Å²) in [6.07, 6.45) is 6.34. The van der Waals surface area contributed by atoms with Gasteiger partial charge in [0.05, 0.1) is 0 Å². The highest BCUT2D eigenvalue weighted by molar-refractivity contribution is 5.98. The molecule has 2 nitrogen and oxygen atoms in total. The largest absolute Gasteiger partial charge is 0.445 e. The molecule has 0 saturated heterocycles. The molecule has 0 aliphatic carbocycles. The van der Waals surface area contributed by atoms with Crippen molar-refractivity contribution >= 4 is 33.2 Å². The molecule has 1 spiro atoms. The van der Waals surface area contributed by atoms with Crippen molar-refractivity contribution in [2.75, 3.05) is 0 Å². The fourth-order valence-electron chi connectivity index (χ4n) is 4.65. The number of benzene rings is 4. The zero-order valence-electron chi connectivity index (χ0n) is 17.1. The minimum absolute atomic E-state index is 0.338. The summed E-state index contributed by atoms with van der Waals surface area (Å²) in [5, 5.41) is 4.84. The maximum absolute atomic E-state index is 6.53. The van der Waals surface area contributed by atoms with Gasteiger partial charge < -0.3 is 9.47 Å². The smallest absolute Gasteiger partial charge is 0.292 e. The van der Waals surface area contributed by atoms with Gasteiger partial charge in [-0.15, -0.1) is 0 Å². The second-order valence-electron chi connectivity index (χ2n) is 8.37. The van der Waals surface area contributed by atoms with Gasteiger partial charge in [-0.3, -0.25) is 0 Å². The summed E-state index contributed by atoms with van der Waals surface area (Å²) in [6, 6.07) is 25.2. The van der Waals surface area contributed by atoms with E-state index in [1.165, 1.54) is 32.7 Å². The summed E-state index contributed by atoms with van der Waals surface area (Å²) >= 11 is 0. The highest BCUT2D eigenvalue weighted by Gasteiger charge is 2.39. The molecular formula is C28H22O2. The van der Waals surface area contributed by atoms with Crippen LogP contribution in [0.1, 0.15) is 25.0 Å². The molecule has 0 fully saturated rings. The first-order valence-corrected chi connectivity index (χ1v) is 10.5. The van der Waals surface area contributed by atoms with Gasteiger partial charge in [-0.05, 0) is 51.2 Å². The monoisotopic (exact) mass is 390 g/mol. The number of rotatable bonds is 1. The SMILES string of the molecule is CC(C)C1=CC2(C=Cc3c(ccc4ccccc34)O2)Oc2ccc3ccccc3c21. The standard InChI is InChI=1S/C28H22O2/c1-18(2)24-17-28(30-26-14-12-20-8-4-6-10-22(20)27(24)26)16-15-23-21-9-5-3-7-19(21)11-13-25(23)29-28/h3-18H,1-2H3. The van der Waals surface area contributed by atoms with E-state index in [0.29, 0.717) is 5.92 Å². The predicted molar refractivity (Wildman–Crippen MR) is 124 cm³/mol. The van der Waals surface area contributed by atoms with Crippen LogP contribution >= 0.6 is 0 Å². The molecule has 0 N–H and O–H groups in total. The van der Waals surface area contributed by atoms with Crippen molar-refractivity contribution in [2.45, 2.75) is 19.6 Å². The van der Waals surface area contributed by atoms with Crippen LogP contribution in [-0.4, -0.2) is 5.79 Å².